The van der Waals surface area contributed by atoms with E-state index in [1.54, 1.807) is 0 Å². The van der Waals surface area contributed by atoms with Crippen molar-refractivity contribution in [1.29, 1.82) is 0 Å². The maximum absolute atomic E-state index is 11.3. The van der Waals surface area contributed by atoms with Gasteiger partial charge in [0.2, 0.25) is 0 Å². The monoisotopic (exact) mass is 167 g/mol. The lowest BCUT2D eigenvalue weighted by Gasteiger charge is -2.20. The lowest BCUT2D eigenvalue weighted by atomic mass is 10.0. The first-order valence-corrected chi connectivity index (χ1v) is 4.21. The molecule has 0 radical (unpaired) electrons. The van der Waals surface area contributed by atoms with E-state index < -0.39 is 0 Å². The number of H-pyrrole nitrogens is 1. The van der Waals surface area contributed by atoms with Crippen molar-refractivity contribution in [3.63, 3.8) is 0 Å². The van der Waals surface area contributed by atoms with Crippen molar-refractivity contribution < 1.29 is 0 Å². The van der Waals surface area contributed by atoms with Crippen LogP contribution in [0.25, 0.3) is 0 Å². The molecule has 1 aliphatic rings. The van der Waals surface area contributed by atoms with E-state index in [0.29, 0.717) is 0 Å². The van der Waals surface area contributed by atoms with Crippen LogP contribution in [0.5, 0.6) is 0 Å². The highest BCUT2D eigenvalue weighted by Crippen LogP contribution is 2.17. The molecule has 0 saturated heterocycles. The normalized spacial score (nSPS) is 22.3. The minimum absolute atomic E-state index is 0.0702. The second kappa shape index (κ2) is 2.48. The molecule has 12 heavy (non-hydrogen) atoms. The minimum Gasteiger partial charge on any atom is -0.309 e. The van der Waals surface area contributed by atoms with E-state index in [-0.39, 0.29) is 11.6 Å². The Hall–Kier alpha value is -1.03. The smallest absolute Gasteiger partial charge is 0.267 e. The number of aryl methyl sites for hydroxylation is 1. The standard InChI is InChI=1S/C8H13N3O/c1-5-7-6(3-4-9-5)8(12)10-11(7)2/h5,9H,3-4H2,1-2H3,(H,10,12). The zero-order chi connectivity index (χ0) is 8.72. The number of fused-ring (bicyclic) bond motifs is 1. The van der Waals surface area contributed by atoms with Crippen LogP contribution in [0.1, 0.15) is 24.2 Å². The van der Waals surface area contributed by atoms with Crippen LogP contribution in [0.3, 0.4) is 0 Å². The van der Waals surface area contributed by atoms with Gasteiger partial charge in [-0.15, -0.1) is 0 Å². The fraction of sp³-hybridized carbons (Fsp3) is 0.625. The Bertz CT molecular complexity index is 350. The molecule has 1 aliphatic heterocycles. The van der Waals surface area contributed by atoms with Gasteiger partial charge in [0.15, 0.2) is 0 Å². The summed E-state index contributed by atoms with van der Waals surface area (Å²) in [5, 5.41) is 6.08. The average Bonchev–Trinajstić information content (AvgIpc) is 2.29. The first-order chi connectivity index (χ1) is 5.70. The van der Waals surface area contributed by atoms with Crippen LogP contribution >= 0.6 is 0 Å². The van der Waals surface area contributed by atoms with Crippen LogP contribution in [-0.2, 0) is 13.5 Å². The quantitative estimate of drug-likeness (QED) is 0.568. The second-order valence-electron chi connectivity index (χ2n) is 3.29. The third-order valence-corrected chi connectivity index (χ3v) is 2.45. The van der Waals surface area contributed by atoms with Gasteiger partial charge in [-0.05, 0) is 13.3 Å². The zero-order valence-corrected chi connectivity index (χ0v) is 7.35. The first kappa shape index (κ1) is 7.61. The maximum Gasteiger partial charge on any atom is 0.267 e. The predicted molar refractivity (Wildman–Crippen MR) is 46.2 cm³/mol. The number of hydrogen-bond acceptors (Lipinski definition) is 2. The van der Waals surface area contributed by atoms with Crippen LogP contribution in [0, 0.1) is 0 Å². The van der Waals surface area contributed by atoms with E-state index >= 15 is 0 Å². The Morgan fingerprint density at radius 3 is 3.00 bits per heavy atom. The molecular formula is C8H13N3O. The van der Waals surface area contributed by atoms with Crippen molar-refractivity contribution in [3.8, 4) is 0 Å². The minimum atomic E-state index is 0.0702. The number of rotatable bonds is 0. The van der Waals surface area contributed by atoms with Gasteiger partial charge in [-0.3, -0.25) is 14.6 Å². The van der Waals surface area contributed by atoms with E-state index in [9.17, 15) is 4.79 Å². The van der Waals surface area contributed by atoms with E-state index in [1.165, 1.54) is 0 Å². The summed E-state index contributed by atoms with van der Waals surface area (Å²) in [4.78, 5) is 11.3. The average molecular weight is 167 g/mol. The van der Waals surface area contributed by atoms with E-state index in [4.69, 9.17) is 0 Å². The lowest BCUT2D eigenvalue weighted by molar-refractivity contribution is 0.503. The van der Waals surface area contributed by atoms with Crippen LogP contribution in [0.2, 0.25) is 0 Å². The molecule has 2 N–H and O–H groups in total. The van der Waals surface area contributed by atoms with Crippen molar-refractivity contribution in [3.05, 3.63) is 21.6 Å². The van der Waals surface area contributed by atoms with Crippen molar-refractivity contribution >= 4 is 0 Å². The predicted octanol–water partition coefficient (Wildman–Crippen LogP) is -0.0799. The molecule has 2 heterocycles. The van der Waals surface area contributed by atoms with Gasteiger partial charge >= 0.3 is 0 Å². The third kappa shape index (κ3) is 0.914. The summed E-state index contributed by atoms with van der Waals surface area (Å²) >= 11 is 0. The molecule has 4 heteroatoms. The van der Waals surface area contributed by atoms with Gasteiger partial charge in [0.05, 0.1) is 5.69 Å². The third-order valence-electron chi connectivity index (χ3n) is 2.45. The maximum atomic E-state index is 11.3. The number of aromatic nitrogens is 2. The number of hydrogen-bond donors (Lipinski definition) is 2. The Balaban J connectivity index is 2.63. The molecule has 1 atom stereocenters. The number of nitrogens with zero attached hydrogens (tertiary/aromatic N) is 1. The first-order valence-electron chi connectivity index (χ1n) is 4.21. The van der Waals surface area contributed by atoms with Crippen LogP contribution < -0.4 is 10.9 Å². The Kier molecular flexibility index (Phi) is 1.58. The fourth-order valence-corrected chi connectivity index (χ4v) is 1.90. The summed E-state index contributed by atoms with van der Waals surface area (Å²) in [5.41, 5.74) is 2.12. The van der Waals surface area contributed by atoms with Gasteiger partial charge in [0, 0.05) is 25.2 Å². The number of aromatic amines is 1. The van der Waals surface area contributed by atoms with Crippen molar-refractivity contribution in [1.82, 2.24) is 15.1 Å². The summed E-state index contributed by atoms with van der Waals surface area (Å²) < 4.78 is 1.81. The largest absolute Gasteiger partial charge is 0.309 e. The van der Waals surface area contributed by atoms with Crippen molar-refractivity contribution in [2.24, 2.45) is 7.05 Å². The highest BCUT2D eigenvalue weighted by atomic mass is 16.1. The topological polar surface area (TPSA) is 49.8 Å². The molecule has 1 unspecified atom stereocenters. The van der Waals surface area contributed by atoms with Crippen LogP contribution in [0.15, 0.2) is 4.79 Å². The zero-order valence-electron chi connectivity index (χ0n) is 7.35. The Morgan fingerprint density at radius 1 is 1.58 bits per heavy atom. The molecule has 0 bridgehead atoms. The Morgan fingerprint density at radius 2 is 2.33 bits per heavy atom. The molecule has 0 fully saturated rings. The molecule has 4 nitrogen and oxygen atoms in total. The van der Waals surface area contributed by atoms with E-state index in [1.807, 2.05) is 11.7 Å². The molecular weight excluding hydrogens is 154 g/mol. The molecule has 0 saturated carbocycles. The molecule has 0 amide bonds. The second-order valence-corrected chi connectivity index (χ2v) is 3.29. The summed E-state index contributed by atoms with van der Waals surface area (Å²) in [6, 6.07) is 0.290. The highest BCUT2D eigenvalue weighted by Gasteiger charge is 2.21. The van der Waals surface area contributed by atoms with Gasteiger partial charge < -0.3 is 5.32 Å². The van der Waals surface area contributed by atoms with Gasteiger partial charge in [0.1, 0.15) is 0 Å². The van der Waals surface area contributed by atoms with Crippen LogP contribution in [0.4, 0.5) is 0 Å². The number of nitrogens with one attached hydrogen (secondary N) is 2. The highest BCUT2D eigenvalue weighted by molar-refractivity contribution is 5.23. The van der Waals surface area contributed by atoms with Gasteiger partial charge in [-0.25, -0.2) is 0 Å². The van der Waals surface area contributed by atoms with Gasteiger partial charge in [-0.1, -0.05) is 0 Å². The van der Waals surface area contributed by atoms with Gasteiger partial charge in [-0.2, -0.15) is 0 Å². The SMILES string of the molecule is CC1NCCc2c1n(C)[nH]c2=O. The molecule has 0 aromatic carbocycles. The van der Waals surface area contributed by atoms with E-state index in [0.717, 1.165) is 24.2 Å². The summed E-state index contributed by atoms with van der Waals surface area (Å²) in [5.74, 6) is 0. The van der Waals surface area contributed by atoms with Crippen molar-refractivity contribution in [2.45, 2.75) is 19.4 Å². The van der Waals surface area contributed by atoms with E-state index in [2.05, 4.69) is 17.3 Å². The van der Waals surface area contributed by atoms with Crippen LogP contribution in [-0.4, -0.2) is 16.3 Å². The summed E-state index contributed by atoms with van der Waals surface area (Å²) in [6.45, 7) is 2.98. The Labute approximate surface area is 70.6 Å². The molecule has 0 spiro atoms. The summed E-state index contributed by atoms with van der Waals surface area (Å²) in [7, 11) is 1.88. The summed E-state index contributed by atoms with van der Waals surface area (Å²) in [6.07, 6.45) is 0.843. The fourth-order valence-electron chi connectivity index (χ4n) is 1.90. The molecule has 0 aliphatic carbocycles. The molecule has 66 valence electrons. The lowest BCUT2D eigenvalue weighted by Crippen LogP contribution is -2.30. The van der Waals surface area contributed by atoms with Crippen molar-refractivity contribution in [2.75, 3.05) is 6.54 Å². The molecule has 1 aromatic heterocycles. The molecule has 2 rings (SSSR count). The molecule has 1 aromatic rings. The van der Waals surface area contributed by atoms with Gasteiger partial charge in [0.25, 0.3) is 5.56 Å².